The predicted molar refractivity (Wildman–Crippen MR) is 100 cm³/mol. The van der Waals surface area contributed by atoms with Gasteiger partial charge in [-0.1, -0.05) is 41.3 Å². The quantitative estimate of drug-likeness (QED) is 0.524. The number of nitrogens with zero attached hydrogens (tertiary/aromatic N) is 2. The smallest absolute Gasteiger partial charge is 0.149 e. The molecule has 0 amide bonds. The minimum atomic E-state index is 0.0503. The first-order chi connectivity index (χ1) is 12.1. The van der Waals surface area contributed by atoms with Crippen LogP contribution in [0.2, 0.25) is 10.0 Å². The van der Waals surface area contributed by atoms with Gasteiger partial charge in [-0.3, -0.25) is 0 Å². The van der Waals surface area contributed by atoms with Crippen molar-refractivity contribution >= 4 is 45.9 Å². The van der Waals surface area contributed by atoms with E-state index in [9.17, 15) is 5.26 Å². The summed E-state index contributed by atoms with van der Waals surface area (Å²) >= 11 is 12.3. The Bertz CT molecular complexity index is 1020. The number of rotatable bonds is 4. The van der Waals surface area contributed by atoms with Crippen molar-refractivity contribution in [2.75, 3.05) is 6.61 Å². The van der Waals surface area contributed by atoms with Crippen molar-refractivity contribution in [3.8, 4) is 24.2 Å². The van der Waals surface area contributed by atoms with Gasteiger partial charge in [0.25, 0.3) is 0 Å². The molecule has 0 atom stereocenters. The van der Waals surface area contributed by atoms with Gasteiger partial charge in [0.2, 0.25) is 0 Å². The molecule has 0 fully saturated rings. The maximum atomic E-state index is 9.55. The van der Waals surface area contributed by atoms with E-state index < -0.39 is 0 Å². The van der Waals surface area contributed by atoms with Gasteiger partial charge in [-0.15, -0.1) is 6.42 Å². The van der Waals surface area contributed by atoms with Crippen LogP contribution in [0.1, 0.15) is 11.4 Å². The van der Waals surface area contributed by atoms with E-state index in [-0.39, 0.29) is 6.61 Å². The van der Waals surface area contributed by atoms with Crippen LogP contribution >= 0.6 is 23.2 Å². The van der Waals surface area contributed by atoms with Crippen molar-refractivity contribution in [3.05, 3.63) is 57.8 Å². The lowest BCUT2D eigenvalue weighted by molar-refractivity contribution is 0.370. The van der Waals surface area contributed by atoms with Crippen LogP contribution in [0.4, 0.5) is 0 Å². The van der Waals surface area contributed by atoms with E-state index in [0.717, 1.165) is 11.0 Å². The molecule has 2 aromatic carbocycles. The fourth-order valence-electron chi connectivity index (χ4n) is 2.34. The van der Waals surface area contributed by atoms with Crippen molar-refractivity contribution in [2.24, 2.45) is 0 Å². The molecule has 3 aromatic rings. The SMILES string of the molecule is C#CCOc1c(Cl)cc(Cl)cc1/C=C(\C#N)c1nc2ccccc2[nH]1. The number of terminal acetylenes is 1. The third-order valence-electron chi connectivity index (χ3n) is 3.40. The molecule has 0 saturated carbocycles. The maximum Gasteiger partial charge on any atom is 0.149 e. The number of hydrogen-bond donors (Lipinski definition) is 1. The average molecular weight is 368 g/mol. The fraction of sp³-hybridized carbons (Fsp3) is 0.0526. The molecule has 0 aliphatic carbocycles. The Kier molecular flexibility index (Phi) is 4.95. The molecular weight excluding hydrogens is 357 g/mol. The molecule has 0 saturated heterocycles. The lowest BCUT2D eigenvalue weighted by atomic mass is 10.1. The Morgan fingerprint density at radius 1 is 1.32 bits per heavy atom. The highest BCUT2D eigenvalue weighted by molar-refractivity contribution is 6.36. The second-order valence-electron chi connectivity index (χ2n) is 5.07. The zero-order chi connectivity index (χ0) is 17.8. The number of para-hydroxylation sites is 2. The van der Waals surface area contributed by atoms with Gasteiger partial charge < -0.3 is 9.72 Å². The van der Waals surface area contributed by atoms with Crippen LogP contribution in [0.5, 0.6) is 5.75 Å². The highest BCUT2D eigenvalue weighted by atomic mass is 35.5. The third-order valence-corrected chi connectivity index (χ3v) is 3.90. The molecule has 1 N–H and O–H groups in total. The van der Waals surface area contributed by atoms with Crippen molar-refractivity contribution in [1.82, 2.24) is 9.97 Å². The van der Waals surface area contributed by atoms with Crippen LogP contribution in [0.15, 0.2) is 36.4 Å². The number of halogens is 2. The number of aromatic amines is 1. The summed E-state index contributed by atoms with van der Waals surface area (Å²) in [6, 6.07) is 12.9. The highest BCUT2D eigenvalue weighted by Gasteiger charge is 2.13. The molecule has 3 rings (SSSR count). The number of allylic oxidation sites excluding steroid dienone is 1. The molecule has 4 nitrogen and oxygen atoms in total. The summed E-state index contributed by atoms with van der Waals surface area (Å²) in [5.74, 6) is 3.20. The standard InChI is InChI=1S/C19H11Cl2N3O/c1-2-7-25-18-12(9-14(20)10-15(18)21)8-13(11-22)19-23-16-5-3-4-6-17(16)24-19/h1,3-6,8-10H,7H2,(H,23,24)/b13-8+. The topological polar surface area (TPSA) is 61.7 Å². The predicted octanol–water partition coefficient (Wildman–Crippen LogP) is 4.95. The molecule has 0 unspecified atom stereocenters. The van der Waals surface area contributed by atoms with Crippen molar-refractivity contribution < 1.29 is 4.74 Å². The van der Waals surface area contributed by atoms with E-state index >= 15 is 0 Å². The third kappa shape index (κ3) is 3.61. The van der Waals surface area contributed by atoms with Crippen LogP contribution in [0, 0.1) is 23.7 Å². The number of fused-ring (bicyclic) bond motifs is 1. The lowest BCUT2D eigenvalue weighted by Gasteiger charge is -2.10. The number of H-pyrrole nitrogens is 1. The zero-order valence-corrected chi connectivity index (χ0v) is 14.4. The lowest BCUT2D eigenvalue weighted by Crippen LogP contribution is -1.97. The number of nitriles is 1. The summed E-state index contributed by atoms with van der Waals surface area (Å²) in [7, 11) is 0. The van der Waals surface area contributed by atoms with E-state index in [2.05, 4.69) is 22.0 Å². The van der Waals surface area contributed by atoms with E-state index in [4.69, 9.17) is 34.4 Å². The van der Waals surface area contributed by atoms with E-state index in [1.165, 1.54) is 0 Å². The monoisotopic (exact) mass is 367 g/mol. The molecule has 0 radical (unpaired) electrons. The van der Waals surface area contributed by atoms with Crippen LogP contribution in [-0.4, -0.2) is 16.6 Å². The largest absolute Gasteiger partial charge is 0.479 e. The van der Waals surface area contributed by atoms with Gasteiger partial charge in [0, 0.05) is 10.6 Å². The van der Waals surface area contributed by atoms with Gasteiger partial charge >= 0.3 is 0 Å². The van der Waals surface area contributed by atoms with E-state index in [0.29, 0.717) is 32.8 Å². The second-order valence-corrected chi connectivity index (χ2v) is 5.91. The first-order valence-electron chi connectivity index (χ1n) is 7.24. The Hall–Kier alpha value is -2.92. The molecular formula is C19H11Cl2N3O. The zero-order valence-electron chi connectivity index (χ0n) is 12.9. The highest BCUT2D eigenvalue weighted by Crippen LogP contribution is 2.34. The number of aromatic nitrogens is 2. The number of imidazole rings is 1. The molecule has 1 heterocycles. The maximum absolute atomic E-state index is 9.55. The van der Waals surface area contributed by atoms with Gasteiger partial charge in [0.05, 0.1) is 21.6 Å². The summed E-state index contributed by atoms with van der Waals surface area (Å²) in [6.45, 7) is 0.0503. The van der Waals surface area contributed by atoms with E-state index in [1.54, 1.807) is 18.2 Å². The molecule has 0 aliphatic heterocycles. The molecule has 122 valence electrons. The van der Waals surface area contributed by atoms with Crippen LogP contribution in [0.25, 0.3) is 22.7 Å². The summed E-state index contributed by atoms with van der Waals surface area (Å²) in [6.07, 6.45) is 6.85. The number of ether oxygens (including phenoxy) is 1. The minimum Gasteiger partial charge on any atom is -0.479 e. The Labute approximate surface area is 154 Å². The van der Waals surface area contributed by atoms with E-state index in [1.807, 2.05) is 24.3 Å². The Morgan fingerprint density at radius 3 is 2.84 bits per heavy atom. The summed E-state index contributed by atoms with van der Waals surface area (Å²) in [5, 5.41) is 10.3. The Balaban J connectivity index is 2.11. The summed E-state index contributed by atoms with van der Waals surface area (Å²) < 4.78 is 5.50. The summed E-state index contributed by atoms with van der Waals surface area (Å²) in [4.78, 5) is 7.55. The normalized spacial score (nSPS) is 11.1. The average Bonchev–Trinajstić information content (AvgIpc) is 3.02. The second kappa shape index (κ2) is 7.32. The van der Waals surface area contributed by atoms with Crippen LogP contribution in [-0.2, 0) is 0 Å². The molecule has 0 spiro atoms. The van der Waals surface area contributed by atoms with Crippen molar-refractivity contribution in [1.29, 1.82) is 5.26 Å². The molecule has 0 aliphatic rings. The van der Waals surface area contributed by atoms with Crippen molar-refractivity contribution in [2.45, 2.75) is 0 Å². The van der Waals surface area contributed by atoms with Gasteiger partial charge in [-0.05, 0) is 30.3 Å². The van der Waals surface area contributed by atoms with Gasteiger partial charge in [0.1, 0.15) is 24.3 Å². The number of hydrogen-bond acceptors (Lipinski definition) is 3. The number of benzene rings is 2. The van der Waals surface area contributed by atoms with Crippen molar-refractivity contribution in [3.63, 3.8) is 0 Å². The molecule has 1 aromatic heterocycles. The van der Waals surface area contributed by atoms with Crippen LogP contribution in [0.3, 0.4) is 0 Å². The fourth-order valence-corrected chi connectivity index (χ4v) is 2.91. The first kappa shape index (κ1) is 16.9. The summed E-state index contributed by atoms with van der Waals surface area (Å²) in [5.41, 5.74) is 2.48. The Morgan fingerprint density at radius 2 is 2.12 bits per heavy atom. The molecule has 25 heavy (non-hydrogen) atoms. The molecule has 0 bridgehead atoms. The van der Waals surface area contributed by atoms with Gasteiger partial charge in [-0.25, -0.2) is 4.98 Å². The van der Waals surface area contributed by atoms with Crippen LogP contribution < -0.4 is 4.74 Å². The first-order valence-corrected chi connectivity index (χ1v) is 8.00. The van der Waals surface area contributed by atoms with Gasteiger partial charge in [0.15, 0.2) is 0 Å². The number of nitrogens with one attached hydrogen (secondary N) is 1. The van der Waals surface area contributed by atoms with Gasteiger partial charge in [-0.2, -0.15) is 5.26 Å². The molecule has 6 heteroatoms. The minimum absolute atomic E-state index is 0.0503.